The van der Waals surface area contributed by atoms with Crippen molar-refractivity contribution in [2.75, 3.05) is 33.8 Å². The van der Waals surface area contributed by atoms with E-state index in [0.29, 0.717) is 6.04 Å². The molecule has 0 radical (unpaired) electrons. The Labute approximate surface area is 115 Å². The van der Waals surface area contributed by atoms with Crippen LogP contribution in [0.5, 0.6) is 0 Å². The molecule has 0 spiro atoms. The summed E-state index contributed by atoms with van der Waals surface area (Å²) in [6, 6.07) is 9.34. The van der Waals surface area contributed by atoms with Crippen LogP contribution in [0.15, 0.2) is 24.3 Å². The number of nitrogens with zero attached hydrogens (tertiary/aromatic N) is 1. The Hall–Kier alpha value is -0.900. The van der Waals surface area contributed by atoms with Crippen LogP contribution in [-0.2, 0) is 4.74 Å². The summed E-state index contributed by atoms with van der Waals surface area (Å²) in [5, 5.41) is 3.27. The molecule has 2 unspecified atom stereocenters. The fourth-order valence-corrected chi connectivity index (χ4v) is 3.22. The zero-order chi connectivity index (χ0) is 13.2. The average molecular weight is 260 g/mol. The molecule has 0 bridgehead atoms. The molecule has 2 fully saturated rings. The van der Waals surface area contributed by atoms with Crippen molar-refractivity contribution >= 4 is 0 Å². The van der Waals surface area contributed by atoms with Gasteiger partial charge >= 0.3 is 0 Å². The molecule has 0 aromatic heterocycles. The molecule has 2 atom stereocenters. The molecule has 0 amide bonds. The van der Waals surface area contributed by atoms with Gasteiger partial charge in [0.25, 0.3) is 0 Å². The maximum Gasteiger partial charge on any atom is 0.0896 e. The lowest BCUT2D eigenvalue weighted by atomic mass is 9.92. The average Bonchev–Trinajstić information content (AvgIpc) is 3.24. The third-order valence-corrected chi connectivity index (χ3v) is 4.34. The largest absolute Gasteiger partial charge is 0.374 e. The Kier molecular flexibility index (Phi) is 3.87. The highest BCUT2D eigenvalue weighted by molar-refractivity contribution is 5.36. The molecule has 1 saturated heterocycles. The molecule has 1 saturated carbocycles. The van der Waals surface area contributed by atoms with Crippen molar-refractivity contribution in [2.24, 2.45) is 0 Å². The van der Waals surface area contributed by atoms with Crippen LogP contribution in [0.25, 0.3) is 0 Å². The van der Waals surface area contributed by atoms with E-state index in [9.17, 15) is 0 Å². The maximum atomic E-state index is 6.01. The van der Waals surface area contributed by atoms with Gasteiger partial charge in [0.2, 0.25) is 0 Å². The van der Waals surface area contributed by atoms with Gasteiger partial charge in [0, 0.05) is 13.1 Å². The third-order valence-electron chi connectivity index (χ3n) is 4.34. The summed E-state index contributed by atoms with van der Waals surface area (Å²) in [4.78, 5) is 2.45. The second-order valence-corrected chi connectivity index (χ2v) is 5.80. The highest BCUT2D eigenvalue weighted by atomic mass is 16.5. The van der Waals surface area contributed by atoms with Gasteiger partial charge < -0.3 is 10.1 Å². The molecule has 19 heavy (non-hydrogen) atoms. The van der Waals surface area contributed by atoms with E-state index in [0.717, 1.165) is 25.6 Å². The molecule has 104 valence electrons. The summed E-state index contributed by atoms with van der Waals surface area (Å²) in [6.45, 7) is 2.77. The van der Waals surface area contributed by atoms with Gasteiger partial charge in [0.1, 0.15) is 0 Å². The summed E-state index contributed by atoms with van der Waals surface area (Å²) in [5.41, 5.74) is 3.03. The van der Waals surface area contributed by atoms with E-state index in [2.05, 4.69) is 41.5 Å². The minimum Gasteiger partial charge on any atom is -0.374 e. The normalized spacial score (nSPS) is 28.5. The standard InChI is InChI=1S/C16H24N2O/c1-17-11-15-16(18(2)9-10-19-15)14-6-4-3-5-13(14)12-7-8-12/h3-6,12,15-17H,7-11H2,1-2H3. The molecule has 1 aromatic rings. The summed E-state index contributed by atoms with van der Waals surface area (Å²) in [5.74, 6) is 0.793. The SMILES string of the molecule is CNCC1OCCN(C)C1c1ccccc1C1CC1. The Morgan fingerprint density at radius 2 is 2.00 bits per heavy atom. The lowest BCUT2D eigenvalue weighted by molar-refractivity contribution is -0.0609. The fraction of sp³-hybridized carbons (Fsp3) is 0.625. The molecule has 1 heterocycles. The van der Waals surface area contributed by atoms with Gasteiger partial charge in [-0.25, -0.2) is 0 Å². The summed E-state index contributed by atoms with van der Waals surface area (Å²) in [7, 11) is 4.22. The topological polar surface area (TPSA) is 24.5 Å². The first-order valence-corrected chi connectivity index (χ1v) is 7.36. The van der Waals surface area contributed by atoms with Crippen LogP contribution < -0.4 is 5.32 Å². The van der Waals surface area contributed by atoms with E-state index in [4.69, 9.17) is 4.74 Å². The van der Waals surface area contributed by atoms with Gasteiger partial charge in [-0.3, -0.25) is 4.90 Å². The van der Waals surface area contributed by atoms with E-state index in [1.807, 2.05) is 7.05 Å². The number of morpholine rings is 1. The van der Waals surface area contributed by atoms with Crippen LogP contribution >= 0.6 is 0 Å². The first-order valence-electron chi connectivity index (χ1n) is 7.36. The van der Waals surface area contributed by atoms with Crippen LogP contribution in [0.3, 0.4) is 0 Å². The van der Waals surface area contributed by atoms with Crippen LogP contribution in [-0.4, -0.2) is 44.8 Å². The Balaban J connectivity index is 1.92. The number of benzene rings is 1. The molecule has 1 aliphatic heterocycles. The molecular weight excluding hydrogens is 236 g/mol. The van der Waals surface area contributed by atoms with Crippen molar-refractivity contribution in [3.63, 3.8) is 0 Å². The van der Waals surface area contributed by atoms with Crippen LogP contribution in [0.4, 0.5) is 0 Å². The van der Waals surface area contributed by atoms with E-state index in [1.54, 1.807) is 5.56 Å². The molecule has 3 nitrogen and oxygen atoms in total. The third kappa shape index (κ3) is 2.69. The zero-order valence-electron chi connectivity index (χ0n) is 11.9. The molecular formula is C16H24N2O. The first kappa shape index (κ1) is 13.1. The number of rotatable bonds is 4. The van der Waals surface area contributed by atoms with Crippen molar-refractivity contribution in [1.82, 2.24) is 10.2 Å². The molecule has 1 aromatic carbocycles. The monoisotopic (exact) mass is 260 g/mol. The van der Waals surface area contributed by atoms with Crippen LogP contribution in [0.1, 0.15) is 35.9 Å². The van der Waals surface area contributed by atoms with E-state index in [1.165, 1.54) is 18.4 Å². The van der Waals surface area contributed by atoms with Crippen molar-refractivity contribution in [2.45, 2.75) is 30.9 Å². The predicted octanol–water partition coefficient (Wildman–Crippen LogP) is 2.16. The van der Waals surface area contributed by atoms with Crippen molar-refractivity contribution in [1.29, 1.82) is 0 Å². The predicted molar refractivity (Wildman–Crippen MR) is 77.5 cm³/mol. The highest BCUT2D eigenvalue weighted by Crippen LogP contribution is 2.44. The van der Waals surface area contributed by atoms with Gasteiger partial charge in [-0.05, 0) is 44.0 Å². The lowest BCUT2D eigenvalue weighted by Gasteiger charge is -2.40. The minimum absolute atomic E-state index is 0.253. The quantitative estimate of drug-likeness (QED) is 0.898. The summed E-state index contributed by atoms with van der Waals surface area (Å²) < 4.78 is 6.01. The number of hydrogen-bond acceptors (Lipinski definition) is 3. The van der Waals surface area contributed by atoms with E-state index < -0.39 is 0 Å². The minimum atomic E-state index is 0.253. The lowest BCUT2D eigenvalue weighted by Crippen LogP contribution is -2.47. The highest BCUT2D eigenvalue weighted by Gasteiger charge is 2.35. The Bertz CT molecular complexity index is 429. The number of ether oxygens (including phenoxy) is 1. The van der Waals surface area contributed by atoms with E-state index in [-0.39, 0.29) is 6.10 Å². The second kappa shape index (κ2) is 5.61. The smallest absolute Gasteiger partial charge is 0.0896 e. The van der Waals surface area contributed by atoms with Gasteiger partial charge in [-0.2, -0.15) is 0 Å². The maximum absolute atomic E-state index is 6.01. The second-order valence-electron chi connectivity index (χ2n) is 5.80. The van der Waals surface area contributed by atoms with Gasteiger partial charge in [-0.15, -0.1) is 0 Å². The van der Waals surface area contributed by atoms with Gasteiger partial charge in [0.15, 0.2) is 0 Å². The molecule has 3 heteroatoms. The molecule has 2 aliphatic rings. The summed E-state index contributed by atoms with van der Waals surface area (Å²) >= 11 is 0. The van der Waals surface area contributed by atoms with Gasteiger partial charge in [0.05, 0.1) is 18.8 Å². The zero-order valence-corrected chi connectivity index (χ0v) is 11.9. The fourth-order valence-electron chi connectivity index (χ4n) is 3.22. The van der Waals surface area contributed by atoms with Crippen molar-refractivity contribution in [3.8, 4) is 0 Å². The van der Waals surface area contributed by atoms with Crippen LogP contribution in [0, 0.1) is 0 Å². The van der Waals surface area contributed by atoms with Crippen LogP contribution in [0.2, 0.25) is 0 Å². The van der Waals surface area contributed by atoms with Crippen molar-refractivity contribution < 1.29 is 4.74 Å². The Morgan fingerprint density at radius 1 is 1.26 bits per heavy atom. The number of likely N-dealkylation sites (N-methyl/N-ethyl adjacent to an activating group) is 2. The Morgan fingerprint density at radius 3 is 2.68 bits per heavy atom. The van der Waals surface area contributed by atoms with Crippen molar-refractivity contribution in [3.05, 3.63) is 35.4 Å². The number of hydrogen-bond donors (Lipinski definition) is 1. The molecule has 1 aliphatic carbocycles. The summed E-state index contributed by atoms with van der Waals surface area (Å²) in [6.07, 6.45) is 2.96. The number of nitrogens with one attached hydrogen (secondary N) is 1. The van der Waals surface area contributed by atoms with Gasteiger partial charge in [-0.1, -0.05) is 24.3 Å². The molecule has 3 rings (SSSR count). The van der Waals surface area contributed by atoms with E-state index >= 15 is 0 Å². The first-order chi connectivity index (χ1) is 9.31. The molecule has 1 N–H and O–H groups in total.